The Hall–Kier alpha value is -0.610. The fourth-order valence-corrected chi connectivity index (χ4v) is 1.00. The van der Waals surface area contributed by atoms with Gasteiger partial charge in [-0.3, -0.25) is 4.79 Å². The van der Waals surface area contributed by atoms with Crippen molar-refractivity contribution in [1.82, 2.24) is 10.2 Å². The fraction of sp³-hybridized carbons (Fsp3) is 0.933. The summed E-state index contributed by atoms with van der Waals surface area (Å²) < 4.78 is 5.10. The maximum atomic E-state index is 10.2. The number of nitrogens with zero attached hydrogens (tertiary/aromatic N) is 1. The Kier molecular flexibility index (Phi) is 24.4. The maximum absolute atomic E-state index is 10.2. The molecular weight excluding hydrogens is 240 g/mol. The zero-order valence-electron chi connectivity index (χ0n) is 14.4. The van der Waals surface area contributed by atoms with Crippen LogP contribution in [0.25, 0.3) is 0 Å². The summed E-state index contributed by atoms with van der Waals surface area (Å²) >= 11 is 0. The van der Waals surface area contributed by atoms with Crippen LogP contribution >= 0.6 is 0 Å². The van der Waals surface area contributed by atoms with Crippen molar-refractivity contribution in [3.8, 4) is 0 Å². The van der Waals surface area contributed by atoms with Crippen LogP contribution in [-0.2, 0) is 9.53 Å². The van der Waals surface area contributed by atoms with Crippen LogP contribution in [0.4, 0.5) is 0 Å². The lowest BCUT2D eigenvalue weighted by molar-refractivity contribution is -0.119. The van der Waals surface area contributed by atoms with E-state index in [0.29, 0.717) is 5.92 Å². The van der Waals surface area contributed by atoms with Crippen molar-refractivity contribution in [2.24, 2.45) is 5.92 Å². The quantitative estimate of drug-likeness (QED) is 0.843. The zero-order chi connectivity index (χ0) is 15.7. The Bertz CT molecular complexity index is 168. The van der Waals surface area contributed by atoms with Crippen molar-refractivity contribution >= 4 is 5.91 Å². The Morgan fingerprint density at radius 2 is 1.58 bits per heavy atom. The number of amides is 1. The van der Waals surface area contributed by atoms with E-state index in [1.807, 2.05) is 27.7 Å². The second-order valence-electron chi connectivity index (χ2n) is 4.25. The van der Waals surface area contributed by atoms with E-state index < -0.39 is 0 Å². The van der Waals surface area contributed by atoms with E-state index in [4.69, 9.17) is 4.74 Å². The number of morpholine rings is 1. The van der Waals surface area contributed by atoms with Gasteiger partial charge in [0, 0.05) is 26.6 Å². The van der Waals surface area contributed by atoms with E-state index in [2.05, 4.69) is 31.1 Å². The first-order valence-corrected chi connectivity index (χ1v) is 7.53. The molecule has 0 radical (unpaired) electrons. The van der Waals surface area contributed by atoms with E-state index >= 15 is 0 Å². The van der Waals surface area contributed by atoms with Crippen LogP contribution < -0.4 is 5.32 Å². The molecule has 0 unspecified atom stereocenters. The van der Waals surface area contributed by atoms with Gasteiger partial charge in [0.2, 0.25) is 5.91 Å². The van der Waals surface area contributed by atoms with Gasteiger partial charge in [-0.25, -0.2) is 0 Å². The molecule has 1 aliphatic heterocycles. The molecule has 19 heavy (non-hydrogen) atoms. The molecule has 1 N–H and O–H groups in total. The van der Waals surface area contributed by atoms with Gasteiger partial charge in [-0.2, -0.15) is 0 Å². The molecule has 1 saturated heterocycles. The van der Waals surface area contributed by atoms with Crippen molar-refractivity contribution in [2.45, 2.75) is 48.5 Å². The third-order valence-corrected chi connectivity index (χ3v) is 1.99. The molecule has 0 aromatic rings. The first-order valence-electron chi connectivity index (χ1n) is 7.53. The maximum Gasteiger partial charge on any atom is 0.216 e. The lowest BCUT2D eigenvalue weighted by Crippen LogP contribution is -2.32. The molecule has 0 saturated carbocycles. The van der Waals surface area contributed by atoms with Crippen LogP contribution in [0.2, 0.25) is 0 Å². The molecule has 0 atom stereocenters. The number of hydrogen-bond acceptors (Lipinski definition) is 3. The fourth-order valence-electron chi connectivity index (χ4n) is 1.00. The van der Waals surface area contributed by atoms with Crippen LogP contribution in [0, 0.1) is 5.92 Å². The minimum Gasteiger partial charge on any atom is -0.379 e. The summed E-state index contributed by atoms with van der Waals surface area (Å²) in [7, 11) is 2.11. The van der Waals surface area contributed by atoms with Gasteiger partial charge >= 0.3 is 0 Å². The average Bonchev–Trinajstić information content (AvgIpc) is 2.43. The Morgan fingerprint density at radius 1 is 1.16 bits per heavy atom. The normalized spacial score (nSPS) is 13.9. The predicted molar refractivity (Wildman–Crippen MR) is 84.5 cm³/mol. The third kappa shape index (κ3) is 26.8. The molecular formula is C15H36N2O2. The number of ether oxygens (including phenoxy) is 1. The summed E-state index contributed by atoms with van der Waals surface area (Å²) in [5.41, 5.74) is 0. The first kappa shape index (κ1) is 23.5. The molecule has 0 bridgehead atoms. The number of nitrogens with one attached hydrogen (secondary N) is 1. The Labute approximate surface area is 120 Å². The van der Waals surface area contributed by atoms with Crippen LogP contribution in [0.1, 0.15) is 48.5 Å². The smallest absolute Gasteiger partial charge is 0.216 e. The standard InChI is InChI=1S/C6H13NO.C5H11NO.2C2H6/c1-5(2)4-7-6(3)8;1-6-2-4-7-5-3-6;2*1-2/h5H,4H2,1-3H3,(H,7,8);2-5H2,1H3;2*1-2H3. The molecule has 0 aromatic carbocycles. The SMILES string of the molecule is CC.CC.CC(=O)NCC(C)C.CN1CCOCC1. The van der Waals surface area contributed by atoms with Gasteiger partial charge in [-0.1, -0.05) is 41.5 Å². The topological polar surface area (TPSA) is 41.6 Å². The van der Waals surface area contributed by atoms with Crippen LogP contribution in [0.3, 0.4) is 0 Å². The number of rotatable bonds is 2. The third-order valence-electron chi connectivity index (χ3n) is 1.99. The van der Waals surface area contributed by atoms with Crippen LogP contribution in [0.5, 0.6) is 0 Å². The second kappa shape index (κ2) is 19.7. The molecule has 0 aliphatic carbocycles. The summed E-state index contributed by atoms with van der Waals surface area (Å²) in [5, 5.41) is 2.71. The van der Waals surface area contributed by atoms with Gasteiger partial charge in [0.1, 0.15) is 0 Å². The first-order chi connectivity index (χ1) is 9.02. The predicted octanol–water partition coefficient (Wildman–Crippen LogP) is 2.78. The van der Waals surface area contributed by atoms with Gasteiger partial charge in [0.15, 0.2) is 0 Å². The molecule has 4 nitrogen and oxygen atoms in total. The van der Waals surface area contributed by atoms with E-state index in [9.17, 15) is 4.79 Å². The zero-order valence-corrected chi connectivity index (χ0v) is 14.4. The van der Waals surface area contributed by atoms with E-state index in [0.717, 1.165) is 32.8 Å². The molecule has 1 fully saturated rings. The summed E-state index contributed by atoms with van der Waals surface area (Å²) in [6.07, 6.45) is 0. The highest BCUT2D eigenvalue weighted by Crippen LogP contribution is 1.89. The van der Waals surface area contributed by atoms with Gasteiger partial charge in [-0.05, 0) is 13.0 Å². The monoisotopic (exact) mass is 276 g/mol. The van der Waals surface area contributed by atoms with E-state index in [-0.39, 0.29) is 5.91 Å². The molecule has 0 aromatic heterocycles. The number of likely N-dealkylation sites (N-methyl/N-ethyl adjacent to an activating group) is 1. The molecule has 1 rings (SSSR count). The van der Waals surface area contributed by atoms with Crippen molar-refractivity contribution in [3.05, 3.63) is 0 Å². The van der Waals surface area contributed by atoms with E-state index in [1.165, 1.54) is 6.92 Å². The van der Waals surface area contributed by atoms with Crippen LogP contribution in [-0.4, -0.2) is 50.7 Å². The minimum absolute atomic E-state index is 0.0544. The van der Waals surface area contributed by atoms with Gasteiger partial charge in [-0.15, -0.1) is 0 Å². The molecule has 1 amide bonds. The number of hydrogen-bond donors (Lipinski definition) is 1. The van der Waals surface area contributed by atoms with Gasteiger partial charge in [0.25, 0.3) is 0 Å². The van der Waals surface area contributed by atoms with E-state index in [1.54, 1.807) is 0 Å². The number of carbonyl (C=O) groups excluding carboxylic acids is 1. The van der Waals surface area contributed by atoms with Crippen molar-refractivity contribution in [2.75, 3.05) is 39.9 Å². The number of carbonyl (C=O) groups is 1. The molecule has 4 heteroatoms. The average molecular weight is 276 g/mol. The summed E-state index contributed by atoms with van der Waals surface area (Å²) in [6.45, 7) is 18.5. The summed E-state index contributed by atoms with van der Waals surface area (Å²) in [4.78, 5) is 12.5. The van der Waals surface area contributed by atoms with Gasteiger partial charge < -0.3 is 15.0 Å². The molecule has 118 valence electrons. The molecule has 0 spiro atoms. The second-order valence-corrected chi connectivity index (χ2v) is 4.25. The minimum atomic E-state index is 0.0544. The highest BCUT2D eigenvalue weighted by atomic mass is 16.5. The Balaban J connectivity index is -0.000000214. The highest BCUT2D eigenvalue weighted by molar-refractivity contribution is 5.72. The van der Waals surface area contributed by atoms with Crippen molar-refractivity contribution < 1.29 is 9.53 Å². The molecule has 1 aliphatic rings. The van der Waals surface area contributed by atoms with Crippen LogP contribution in [0.15, 0.2) is 0 Å². The van der Waals surface area contributed by atoms with Gasteiger partial charge in [0.05, 0.1) is 13.2 Å². The summed E-state index contributed by atoms with van der Waals surface area (Å²) in [5.74, 6) is 0.609. The lowest BCUT2D eigenvalue weighted by atomic mass is 10.2. The molecule has 1 heterocycles. The van der Waals surface area contributed by atoms with Crippen molar-refractivity contribution in [1.29, 1.82) is 0 Å². The van der Waals surface area contributed by atoms with Crippen molar-refractivity contribution in [3.63, 3.8) is 0 Å². The highest BCUT2D eigenvalue weighted by Gasteiger charge is 2.02. The largest absolute Gasteiger partial charge is 0.379 e. The Morgan fingerprint density at radius 3 is 1.74 bits per heavy atom. The summed E-state index contributed by atoms with van der Waals surface area (Å²) in [6, 6.07) is 0. The lowest BCUT2D eigenvalue weighted by Gasteiger charge is -2.21.